The van der Waals surface area contributed by atoms with Gasteiger partial charge in [-0.3, -0.25) is 0 Å². The summed E-state index contributed by atoms with van der Waals surface area (Å²) < 4.78 is 8.76. The van der Waals surface area contributed by atoms with Gasteiger partial charge in [0.25, 0.3) is 0 Å². The Hall–Kier alpha value is -6.45. The zero-order chi connectivity index (χ0) is 38.3. The fourth-order valence-corrected chi connectivity index (χ4v) is 5.79. The number of nitrogens with zero attached hydrogens (tertiary/aromatic N) is 2. The number of aromatic carboxylic acids is 1. The number of urea groups is 3. The number of hydrogen-bond donors (Lipinski definition) is 9. The Morgan fingerprint density at radius 2 is 1.32 bits per heavy atom. The molecule has 0 radical (unpaired) electrons. The van der Waals surface area contributed by atoms with Gasteiger partial charge >= 0.3 is 24.1 Å². The maximum absolute atomic E-state index is 12.5. The highest BCUT2D eigenvalue weighted by atomic mass is 16.4. The average molecular weight is 730 g/mol. The first-order chi connectivity index (χ1) is 25.6. The number of fused-ring (bicyclic) bond motifs is 2. The standard InChI is InChI=1S/C37H48N10O6/c1-24(38-2)42-14-18-46(19-15-43-35(50)39-3)25-10-12-29-31(22-25)53-32-23-26(47(20-16-44-36(51)40-4)21-17-45-37(52)41-5)11-13-30(32)33(29)27-8-6-7-9-28(27)34(48)49/h6-13,22-23,38,42H,1,14-21H2,2-5H3,(H6-,39,40,41,43,44,45,48,49,50,51,52)/p+1. The lowest BCUT2D eigenvalue weighted by Gasteiger charge is -2.26. The normalized spacial score (nSPS) is 11.2. The minimum absolute atomic E-state index is 0.148. The van der Waals surface area contributed by atoms with Crippen LogP contribution in [0.3, 0.4) is 0 Å². The molecule has 2 aromatic rings. The molecular weight excluding hydrogens is 680 g/mol. The van der Waals surface area contributed by atoms with Crippen molar-refractivity contribution in [1.29, 1.82) is 0 Å². The quantitative estimate of drug-likeness (QED) is 0.0571. The van der Waals surface area contributed by atoms with Crippen molar-refractivity contribution >= 4 is 40.7 Å². The number of carbonyl (C=O) groups excluding carboxylic acids is 3. The monoisotopic (exact) mass is 729 g/mol. The van der Waals surface area contributed by atoms with Crippen LogP contribution in [0.25, 0.3) is 33.4 Å². The van der Waals surface area contributed by atoms with Gasteiger partial charge in [0, 0.05) is 88.7 Å². The van der Waals surface area contributed by atoms with E-state index < -0.39 is 5.97 Å². The minimum atomic E-state index is -1.06. The van der Waals surface area contributed by atoms with Crippen LogP contribution in [0.1, 0.15) is 10.4 Å². The molecule has 0 atom stereocenters. The highest BCUT2D eigenvalue weighted by Gasteiger charge is 2.23. The maximum atomic E-state index is 12.5. The van der Waals surface area contributed by atoms with E-state index >= 15 is 0 Å². The molecule has 4 rings (SSSR count). The molecule has 1 aliphatic carbocycles. The Morgan fingerprint density at radius 3 is 1.92 bits per heavy atom. The summed E-state index contributed by atoms with van der Waals surface area (Å²) in [5.74, 6) is 0.141. The predicted molar refractivity (Wildman–Crippen MR) is 206 cm³/mol. The lowest BCUT2D eigenvalue weighted by atomic mass is 9.90. The molecule has 0 saturated heterocycles. The first-order valence-corrected chi connectivity index (χ1v) is 17.2. The molecule has 0 unspecified atom stereocenters. The van der Waals surface area contributed by atoms with E-state index in [4.69, 9.17) is 4.42 Å². The fourth-order valence-electron chi connectivity index (χ4n) is 5.79. The molecule has 0 aromatic heterocycles. The minimum Gasteiger partial charge on any atom is -0.478 e. The summed E-state index contributed by atoms with van der Waals surface area (Å²) in [6, 6.07) is 17.5. The van der Waals surface area contributed by atoms with Gasteiger partial charge in [0.05, 0.1) is 30.5 Å². The van der Waals surface area contributed by atoms with E-state index in [0.29, 0.717) is 91.6 Å². The maximum Gasteiger partial charge on any atom is 0.336 e. The molecule has 16 heteroatoms. The Labute approximate surface area is 308 Å². The number of carboxylic acids is 1. The molecule has 282 valence electrons. The van der Waals surface area contributed by atoms with Crippen molar-refractivity contribution in [2.45, 2.75) is 0 Å². The fraction of sp³-hybridized carbons (Fsp3) is 0.324. The Bertz CT molecular complexity index is 1930. The summed E-state index contributed by atoms with van der Waals surface area (Å²) in [5, 5.41) is 34.0. The average Bonchev–Trinajstić information content (AvgIpc) is 3.17. The van der Waals surface area contributed by atoms with Crippen LogP contribution in [0.4, 0.5) is 20.1 Å². The van der Waals surface area contributed by atoms with Crippen LogP contribution in [0.5, 0.6) is 0 Å². The number of carboxylic acid groups (broad SMARTS) is 1. The lowest BCUT2D eigenvalue weighted by Crippen LogP contribution is -2.43. The second-order valence-electron chi connectivity index (χ2n) is 11.8. The summed E-state index contributed by atoms with van der Waals surface area (Å²) in [5.41, 5.74) is 3.37. The second kappa shape index (κ2) is 19.2. The highest BCUT2D eigenvalue weighted by Crippen LogP contribution is 2.42. The van der Waals surface area contributed by atoms with Gasteiger partial charge in [-0.1, -0.05) is 24.8 Å². The molecule has 53 heavy (non-hydrogen) atoms. The molecule has 0 saturated carbocycles. The van der Waals surface area contributed by atoms with E-state index in [1.165, 1.54) is 0 Å². The van der Waals surface area contributed by atoms with E-state index in [1.54, 1.807) is 52.5 Å². The molecule has 2 aliphatic rings. The van der Waals surface area contributed by atoms with E-state index in [9.17, 15) is 24.3 Å². The van der Waals surface area contributed by atoms with Crippen molar-refractivity contribution in [2.75, 3.05) is 85.4 Å². The van der Waals surface area contributed by atoms with Crippen molar-refractivity contribution in [1.82, 2.24) is 47.1 Å². The molecule has 0 spiro atoms. The van der Waals surface area contributed by atoms with Crippen LogP contribution >= 0.6 is 0 Å². The largest absolute Gasteiger partial charge is 0.478 e. The number of carbonyl (C=O) groups is 4. The second-order valence-corrected chi connectivity index (χ2v) is 11.8. The summed E-state index contributed by atoms with van der Waals surface area (Å²) in [7, 11) is 6.42. The number of benzene rings is 3. The van der Waals surface area contributed by atoms with Crippen LogP contribution in [0.2, 0.25) is 0 Å². The lowest BCUT2D eigenvalue weighted by molar-refractivity contribution is 0.0697. The highest BCUT2D eigenvalue weighted by molar-refractivity contribution is 6.07. The first-order valence-electron chi connectivity index (χ1n) is 17.2. The Morgan fingerprint density at radius 1 is 0.717 bits per heavy atom. The van der Waals surface area contributed by atoms with Crippen molar-refractivity contribution in [3.05, 3.63) is 84.0 Å². The third kappa shape index (κ3) is 10.5. The topological polar surface area (TPSA) is 204 Å². The van der Waals surface area contributed by atoms with Crippen molar-refractivity contribution in [3.8, 4) is 22.5 Å². The molecule has 0 fully saturated rings. The van der Waals surface area contributed by atoms with Gasteiger partial charge in [-0.05, 0) is 29.8 Å². The molecule has 0 bridgehead atoms. The van der Waals surface area contributed by atoms with Crippen LogP contribution in [-0.2, 0) is 0 Å². The number of rotatable bonds is 17. The molecule has 1 heterocycles. The van der Waals surface area contributed by atoms with E-state index in [1.807, 2.05) is 41.3 Å². The van der Waals surface area contributed by atoms with Crippen LogP contribution in [0.15, 0.2) is 77.5 Å². The molecule has 9 N–H and O–H groups in total. The van der Waals surface area contributed by atoms with Gasteiger partial charge < -0.3 is 57.0 Å². The molecule has 1 aliphatic heterocycles. The predicted octanol–water partition coefficient (Wildman–Crippen LogP) is 1.55. The van der Waals surface area contributed by atoms with Gasteiger partial charge in [-0.2, -0.15) is 0 Å². The number of nitrogens with one attached hydrogen (secondary N) is 8. The summed E-state index contributed by atoms with van der Waals surface area (Å²) in [4.78, 5) is 50.2. The number of anilines is 1. The summed E-state index contributed by atoms with van der Waals surface area (Å²) in [6.45, 7) is 7.43. The van der Waals surface area contributed by atoms with Crippen molar-refractivity contribution in [3.63, 3.8) is 0 Å². The van der Waals surface area contributed by atoms with Crippen molar-refractivity contribution in [2.24, 2.45) is 0 Å². The third-order valence-corrected chi connectivity index (χ3v) is 8.55. The summed E-state index contributed by atoms with van der Waals surface area (Å²) >= 11 is 0. The molecule has 6 amide bonds. The third-order valence-electron chi connectivity index (χ3n) is 8.55. The van der Waals surface area contributed by atoms with Crippen LogP contribution < -0.4 is 57.4 Å². The Kier molecular flexibility index (Phi) is 14.3. The SMILES string of the molecule is C=C(NC)NCC[N+](CCNC(=O)NC)=c1ccc2c(-c3ccccc3C(=O)O)c3ccc(N(CCNC(=O)NC)CCNC(=O)NC)cc3oc-2c1. The van der Waals surface area contributed by atoms with Crippen LogP contribution in [0, 0.1) is 0 Å². The van der Waals surface area contributed by atoms with Gasteiger partial charge in [0.1, 0.15) is 11.3 Å². The number of amides is 6. The number of hydrogen-bond acceptors (Lipinski definition) is 8. The zero-order valence-electron chi connectivity index (χ0n) is 30.5. The van der Waals surface area contributed by atoms with E-state index in [0.717, 1.165) is 11.0 Å². The van der Waals surface area contributed by atoms with Gasteiger partial charge in [-0.25, -0.2) is 23.8 Å². The zero-order valence-corrected chi connectivity index (χ0v) is 30.5. The molecular formula is C37H49N10O6+. The summed E-state index contributed by atoms with van der Waals surface area (Å²) in [6.07, 6.45) is 0. The van der Waals surface area contributed by atoms with Gasteiger partial charge in [-0.15, -0.1) is 0 Å². The van der Waals surface area contributed by atoms with Crippen LogP contribution in [-0.4, -0.2) is 110 Å². The van der Waals surface area contributed by atoms with Gasteiger partial charge in [0.2, 0.25) is 5.36 Å². The molecule has 2 aromatic carbocycles. The molecule has 16 nitrogen and oxygen atoms in total. The first kappa shape index (κ1) is 39.3. The smallest absolute Gasteiger partial charge is 0.336 e. The van der Waals surface area contributed by atoms with Crippen molar-refractivity contribution < 1.29 is 28.7 Å². The van der Waals surface area contributed by atoms with E-state index in [-0.39, 0.29) is 23.7 Å². The van der Waals surface area contributed by atoms with E-state index in [2.05, 4.69) is 53.7 Å². The van der Waals surface area contributed by atoms with Gasteiger partial charge in [0.15, 0.2) is 13.1 Å². The Balaban J connectivity index is 1.91.